The highest BCUT2D eigenvalue weighted by Gasteiger charge is 2.32. The average molecular weight is 603 g/mol. The predicted octanol–water partition coefficient (Wildman–Crippen LogP) is 7.01. The molecule has 1 saturated carbocycles. The van der Waals surface area contributed by atoms with E-state index in [4.69, 9.17) is 14.5 Å². The highest BCUT2D eigenvalue weighted by atomic mass is 19.4. The Balaban J connectivity index is 1.20. The third-order valence-corrected chi connectivity index (χ3v) is 8.89. The molecule has 2 N–H and O–H groups in total. The van der Waals surface area contributed by atoms with E-state index in [0.717, 1.165) is 48.0 Å². The number of fused-ring (bicyclic) bond motifs is 2. The summed E-state index contributed by atoms with van der Waals surface area (Å²) >= 11 is 0. The second-order valence-corrected chi connectivity index (χ2v) is 11.7. The molecule has 2 aliphatic heterocycles. The van der Waals surface area contributed by atoms with Gasteiger partial charge in [-0.15, -0.1) is 0 Å². The first-order valence-electron chi connectivity index (χ1n) is 15.1. The maximum absolute atomic E-state index is 14.3. The zero-order chi connectivity index (χ0) is 30.3. The van der Waals surface area contributed by atoms with Crippen molar-refractivity contribution in [1.82, 2.24) is 15.2 Å². The Hall–Kier alpha value is -4.31. The number of carbonyl (C=O) groups excluding carboxylic acids is 1. The summed E-state index contributed by atoms with van der Waals surface area (Å²) in [6.07, 6.45) is 1.14. The summed E-state index contributed by atoms with van der Waals surface area (Å²) in [5.41, 5.74) is 3.03. The minimum atomic E-state index is -4.39. The van der Waals surface area contributed by atoms with Crippen molar-refractivity contribution in [3.05, 3.63) is 83.4 Å². The molecule has 0 spiro atoms. The second-order valence-electron chi connectivity index (χ2n) is 11.7. The van der Waals surface area contributed by atoms with E-state index in [2.05, 4.69) is 10.6 Å². The summed E-state index contributed by atoms with van der Waals surface area (Å²) in [5.74, 6) is 1.82. The molecule has 1 atom stereocenters. The van der Waals surface area contributed by atoms with Crippen molar-refractivity contribution in [2.24, 2.45) is 0 Å². The number of amides is 1. The molecule has 1 aromatic heterocycles. The first kappa shape index (κ1) is 28.5. The molecule has 1 saturated heterocycles. The number of carbonyl (C=O) groups is 1. The molecule has 44 heavy (non-hydrogen) atoms. The van der Waals surface area contributed by atoms with Crippen molar-refractivity contribution >= 4 is 22.6 Å². The molecule has 10 heteroatoms. The maximum Gasteiger partial charge on any atom is 0.416 e. The summed E-state index contributed by atoms with van der Waals surface area (Å²) in [6, 6.07) is 19.1. The van der Waals surface area contributed by atoms with Gasteiger partial charge in [0.1, 0.15) is 5.82 Å². The Morgan fingerprint density at radius 3 is 2.45 bits per heavy atom. The maximum atomic E-state index is 14.3. The van der Waals surface area contributed by atoms with Gasteiger partial charge in [0.05, 0.1) is 16.6 Å². The van der Waals surface area contributed by atoms with Crippen LogP contribution in [0.2, 0.25) is 0 Å². The van der Waals surface area contributed by atoms with E-state index in [-0.39, 0.29) is 25.3 Å². The van der Waals surface area contributed by atoms with Crippen LogP contribution in [-0.2, 0) is 12.7 Å². The van der Waals surface area contributed by atoms with E-state index in [9.17, 15) is 18.0 Å². The molecule has 7 nitrogen and oxygen atoms in total. The van der Waals surface area contributed by atoms with Crippen molar-refractivity contribution < 1.29 is 27.4 Å². The molecule has 1 aliphatic carbocycles. The van der Waals surface area contributed by atoms with Gasteiger partial charge in [-0.2, -0.15) is 13.2 Å². The molecular formula is C34H33F3N4O3. The van der Waals surface area contributed by atoms with E-state index < -0.39 is 11.7 Å². The van der Waals surface area contributed by atoms with Gasteiger partial charge in [-0.3, -0.25) is 4.79 Å². The van der Waals surface area contributed by atoms with E-state index in [1.54, 1.807) is 6.07 Å². The lowest BCUT2D eigenvalue weighted by Gasteiger charge is -2.31. The number of pyridine rings is 1. The van der Waals surface area contributed by atoms with Gasteiger partial charge >= 0.3 is 6.18 Å². The van der Waals surface area contributed by atoms with Crippen LogP contribution in [-0.4, -0.2) is 47.8 Å². The zero-order valence-electron chi connectivity index (χ0n) is 24.1. The molecule has 7 rings (SSSR count). The monoisotopic (exact) mass is 602 g/mol. The number of ether oxygens (including phenoxy) is 2. The number of alkyl halides is 3. The largest absolute Gasteiger partial charge is 0.454 e. The topological polar surface area (TPSA) is 75.7 Å². The number of benzene rings is 3. The summed E-state index contributed by atoms with van der Waals surface area (Å²) in [6.45, 7) is 1.92. The lowest BCUT2D eigenvalue weighted by Crippen LogP contribution is -2.46. The second kappa shape index (κ2) is 11.6. The predicted molar refractivity (Wildman–Crippen MR) is 162 cm³/mol. The zero-order valence-corrected chi connectivity index (χ0v) is 24.1. The number of rotatable bonds is 8. The van der Waals surface area contributed by atoms with Crippen LogP contribution < -0.4 is 20.1 Å². The Morgan fingerprint density at radius 2 is 1.68 bits per heavy atom. The van der Waals surface area contributed by atoms with Gasteiger partial charge in [0.2, 0.25) is 6.79 Å². The molecule has 0 radical (unpaired) electrons. The first-order valence-corrected chi connectivity index (χ1v) is 15.1. The highest BCUT2D eigenvalue weighted by Crippen LogP contribution is 2.37. The third-order valence-electron chi connectivity index (χ3n) is 8.89. The van der Waals surface area contributed by atoms with Gasteiger partial charge in [-0.25, -0.2) is 4.98 Å². The van der Waals surface area contributed by atoms with Gasteiger partial charge in [0.15, 0.2) is 11.5 Å². The number of likely N-dealkylation sites (tertiary alicyclic amines) is 1. The molecule has 228 valence electrons. The van der Waals surface area contributed by atoms with Crippen molar-refractivity contribution in [2.45, 2.75) is 56.9 Å². The van der Waals surface area contributed by atoms with E-state index >= 15 is 0 Å². The van der Waals surface area contributed by atoms with Crippen LogP contribution in [0.1, 0.15) is 53.6 Å². The molecule has 0 bridgehead atoms. The SMILES string of the molecule is O=C(c1cc(NCc2ccc(C(F)(F)F)cc2)nc2ccc(-c3ccc4c(c3)OCO4)cc12)N1CCC[C@H]1CNC1CCC1. The molecule has 4 aromatic rings. The number of hydrogen-bond donors (Lipinski definition) is 2. The molecule has 3 heterocycles. The number of anilines is 1. The quantitative estimate of drug-likeness (QED) is 0.226. The van der Waals surface area contributed by atoms with Gasteiger partial charge in [-0.05, 0) is 84.8 Å². The number of nitrogens with one attached hydrogen (secondary N) is 2. The molecule has 1 amide bonds. The van der Waals surface area contributed by atoms with Crippen LogP contribution in [0.15, 0.2) is 66.7 Å². The highest BCUT2D eigenvalue weighted by molar-refractivity contribution is 6.08. The van der Waals surface area contributed by atoms with Crippen LogP contribution >= 0.6 is 0 Å². The normalized spacial score (nSPS) is 18.1. The summed E-state index contributed by atoms with van der Waals surface area (Å²) in [7, 11) is 0. The summed E-state index contributed by atoms with van der Waals surface area (Å²) in [5, 5.41) is 7.61. The fourth-order valence-electron chi connectivity index (χ4n) is 6.14. The minimum Gasteiger partial charge on any atom is -0.454 e. The van der Waals surface area contributed by atoms with Gasteiger partial charge in [0, 0.05) is 37.1 Å². The summed E-state index contributed by atoms with van der Waals surface area (Å²) in [4.78, 5) is 21.0. The van der Waals surface area contributed by atoms with Gasteiger partial charge in [-0.1, -0.05) is 30.7 Å². The molecule has 0 unspecified atom stereocenters. The fraction of sp³-hybridized carbons (Fsp3) is 0.353. The van der Waals surface area contributed by atoms with Crippen LogP contribution in [0.5, 0.6) is 11.5 Å². The summed E-state index contributed by atoms with van der Waals surface area (Å²) < 4.78 is 50.1. The third kappa shape index (κ3) is 5.78. The first-order chi connectivity index (χ1) is 21.3. The minimum absolute atomic E-state index is 0.0456. The van der Waals surface area contributed by atoms with E-state index in [0.29, 0.717) is 46.5 Å². The number of aromatic nitrogens is 1. The Labute approximate surface area is 253 Å². The van der Waals surface area contributed by atoms with Crippen LogP contribution in [0.25, 0.3) is 22.0 Å². The Kier molecular flexibility index (Phi) is 7.53. The molecular weight excluding hydrogens is 569 g/mol. The lowest BCUT2D eigenvalue weighted by atomic mass is 9.93. The van der Waals surface area contributed by atoms with Crippen molar-refractivity contribution in [3.8, 4) is 22.6 Å². The molecule has 3 aliphatic rings. The molecule has 3 aromatic carbocycles. The smallest absolute Gasteiger partial charge is 0.416 e. The molecule has 2 fully saturated rings. The van der Waals surface area contributed by atoms with Crippen molar-refractivity contribution in [3.63, 3.8) is 0 Å². The van der Waals surface area contributed by atoms with Gasteiger partial charge in [0.25, 0.3) is 5.91 Å². The Bertz CT molecular complexity index is 1690. The lowest BCUT2D eigenvalue weighted by molar-refractivity contribution is -0.137. The average Bonchev–Trinajstić information content (AvgIpc) is 3.67. The van der Waals surface area contributed by atoms with Crippen LogP contribution in [0.3, 0.4) is 0 Å². The van der Waals surface area contributed by atoms with Crippen molar-refractivity contribution in [2.75, 3.05) is 25.2 Å². The van der Waals surface area contributed by atoms with E-state index in [1.165, 1.54) is 31.4 Å². The fourth-order valence-corrected chi connectivity index (χ4v) is 6.14. The van der Waals surface area contributed by atoms with Gasteiger partial charge < -0.3 is 25.0 Å². The van der Waals surface area contributed by atoms with E-state index in [1.807, 2.05) is 41.3 Å². The number of hydrogen-bond acceptors (Lipinski definition) is 6. The van der Waals surface area contributed by atoms with Crippen LogP contribution in [0, 0.1) is 0 Å². The number of halogens is 3. The standard InChI is InChI=1S/C34H33F3N4O3/c35-34(36,37)24-10-6-21(7-11-24)18-39-32-17-28(33(42)41-14-2-5-26(41)19-38-25-3-1-4-25)27-15-22(8-12-29(27)40-32)23-9-13-30-31(16-23)44-20-43-30/h6-13,15-17,25-26,38H,1-5,14,18-20H2,(H,39,40)/t26-/m0/s1. The Morgan fingerprint density at radius 1 is 0.909 bits per heavy atom. The van der Waals surface area contributed by atoms with Crippen LogP contribution in [0.4, 0.5) is 19.0 Å². The van der Waals surface area contributed by atoms with Crippen molar-refractivity contribution in [1.29, 1.82) is 0 Å². The number of nitrogens with zero attached hydrogens (tertiary/aromatic N) is 2.